The fourth-order valence-corrected chi connectivity index (χ4v) is 2.01. The molecule has 0 saturated heterocycles. The Morgan fingerprint density at radius 2 is 2.05 bits per heavy atom. The van der Waals surface area contributed by atoms with Gasteiger partial charge in [0.2, 0.25) is 0 Å². The maximum absolute atomic E-state index is 13.6. The number of nitrogens with zero attached hydrogens (tertiary/aromatic N) is 2. The molecule has 2 aromatic heterocycles. The van der Waals surface area contributed by atoms with E-state index in [9.17, 15) is 9.18 Å². The van der Waals surface area contributed by atoms with E-state index >= 15 is 0 Å². The van der Waals surface area contributed by atoms with Crippen LogP contribution in [0.2, 0.25) is 0 Å². The van der Waals surface area contributed by atoms with Gasteiger partial charge < -0.3 is 9.51 Å². The highest BCUT2D eigenvalue weighted by Crippen LogP contribution is 2.21. The third-order valence-corrected chi connectivity index (χ3v) is 3.17. The molecular weight excluding hydrogens is 259 g/mol. The Morgan fingerprint density at radius 1 is 1.25 bits per heavy atom. The first-order chi connectivity index (χ1) is 9.54. The van der Waals surface area contributed by atoms with Crippen LogP contribution >= 0.6 is 0 Å². The molecule has 0 radical (unpaired) electrons. The molecule has 3 aromatic rings. The van der Waals surface area contributed by atoms with Crippen LogP contribution in [0.3, 0.4) is 0 Å². The summed E-state index contributed by atoms with van der Waals surface area (Å²) in [6, 6.07) is 8.02. The molecule has 3 rings (SSSR count). The van der Waals surface area contributed by atoms with E-state index in [4.69, 9.17) is 5.11 Å². The molecule has 4 nitrogen and oxygen atoms in total. The molecule has 0 aliphatic rings. The molecule has 0 spiro atoms. The molecule has 0 fully saturated rings. The molecule has 20 heavy (non-hydrogen) atoms. The van der Waals surface area contributed by atoms with Crippen molar-refractivity contribution in [3.05, 3.63) is 59.7 Å². The van der Waals surface area contributed by atoms with Crippen molar-refractivity contribution in [2.75, 3.05) is 0 Å². The van der Waals surface area contributed by atoms with Gasteiger partial charge in [0.15, 0.2) is 0 Å². The standard InChI is InChI=1S/C15H11FN2O2/c1-9-2-3-10(6-12(9)16)13-8-18-7-11(15(19)20)4-5-14(18)17-13/h2-8H,1H3,(H,19,20). The molecule has 2 heterocycles. The molecule has 0 bridgehead atoms. The van der Waals surface area contributed by atoms with Crippen LogP contribution in [-0.2, 0) is 0 Å². The molecule has 1 N–H and O–H groups in total. The zero-order chi connectivity index (χ0) is 14.3. The molecule has 0 atom stereocenters. The number of hydrogen-bond donors (Lipinski definition) is 1. The van der Waals surface area contributed by atoms with Crippen LogP contribution in [0.4, 0.5) is 4.39 Å². The number of rotatable bonds is 2. The Hall–Kier alpha value is -2.69. The monoisotopic (exact) mass is 270 g/mol. The number of carbonyl (C=O) groups is 1. The number of aromatic carboxylic acids is 1. The van der Waals surface area contributed by atoms with Crippen molar-refractivity contribution < 1.29 is 14.3 Å². The zero-order valence-corrected chi connectivity index (χ0v) is 10.7. The van der Waals surface area contributed by atoms with Crippen molar-refractivity contribution in [3.8, 4) is 11.3 Å². The molecule has 5 heteroatoms. The number of benzene rings is 1. The van der Waals surface area contributed by atoms with Crippen molar-refractivity contribution in [3.63, 3.8) is 0 Å². The summed E-state index contributed by atoms with van der Waals surface area (Å²) in [4.78, 5) is 15.3. The van der Waals surface area contributed by atoms with E-state index in [2.05, 4.69) is 4.98 Å². The number of aromatic nitrogens is 2. The Balaban J connectivity index is 2.12. The molecule has 0 unspecified atom stereocenters. The van der Waals surface area contributed by atoms with Crippen LogP contribution in [0.25, 0.3) is 16.9 Å². The van der Waals surface area contributed by atoms with E-state index in [0.717, 1.165) is 0 Å². The Kier molecular flexibility index (Phi) is 2.75. The second-order valence-electron chi connectivity index (χ2n) is 4.58. The molecule has 1 aromatic carbocycles. The number of hydrogen-bond acceptors (Lipinski definition) is 2. The summed E-state index contributed by atoms with van der Waals surface area (Å²) in [6.45, 7) is 1.70. The fraction of sp³-hybridized carbons (Fsp3) is 0.0667. The van der Waals surface area contributed by atoms with Gasteiger partial charge in [-0.3, -0.25) is 0 Å². The summed E-state index contributed by atoms with van der Waals surface area (Å²) in [5.41, 5.74) is 2.63. The smallest absolute Gasteiger partial charge is 0.337 e. The van der Waals surface area contributed by atoms with Crippen molar-refractivity contribution in [1.29, 1.82) is 0 Å². The lowest BCUT2D eigenvalue weighted by molar-refractivity contribution is 0.0696. The average molecular weight is 270 g/mol. The zero-order valence-electron chi connectivity index (χ0n) is 10.7. The lowest BCUT2D eigenvalue weighted by Gasteiger charge is -1.99. The minimum atomic E-state index is -0.997. The summed E-state index contributed by atoms with van der Waals surface area (Å²) < 4.78 is 15.2. The first-order valence-corrected chi connectivity index (χ1v) is 6.03. The lowest BCUT2D eigenvalue weighted by Crippen LogP contribution is -1.97. The van der Waals surface area contributed by atoms with E-state index in [1.165, 1.54) is 18.3 Å². The summed E-state index contributed by atoms with van der Waals surface area (Å²) in [5.74, 6) is -1.28. The topological polar surface area (TPSA) is 54.6 Å². The van der Waals surface area contributed by atoms with Gasteiger partial charge in [-0.25, -0.2) is 14.2 Å². The van der Waals surface area contributed by atoms with Gasteiger partial charge in [0, 0.05) is 18.0 Å². The van der Waals surface area contributed by atoms with Gasteiger partial charge >= 0.3 is 5.97 Å². The van der Waals surface area contributed by atoms with Gasteiger partial charge in [0.05, 0.1) is 11.3 Å². The largest absolute Gasteiger partial charge is 0.478 e. The molecule has 0 aliphatic heterocycles. The first-order valence-electron chi connectivity index (χ1n) is 6.03. The third-order valence-electron chi connectivity index (χ3n) is 3.17. The highest BCUT2D eigenvalue weighted by Gasteiger charge is 2.09. The maximum atomic E-state index is 13.6. The molecule has 0 saturated carbocycles. The van der Waals surface area contributed by atoms with E-state index in [1.54, 1.807) is 35.7 Å². The summed E-state index contributed by atoms with van der Waals surface area (Å²) in [6.07, 6.45) is 3.17. The predicted octanol–water partition coefficient (Wildman–Crippen LogP) is 3.15. The van der Waals surface area contributed by atoms with Crippen molar-refractivity contribution >= 4 is 11.6 Å². The van der Waals surface area contributed by atoms with E-state index in [0.29, 0.717) is 22.5 Å². The van der Waals surface area contributed by atoms with Gasteiger partial charge in [0.25, 0.3) is 0 Å². The Bertz CT molecular complexity index is 824. The molecule has 100 valence electrons. The Morgan fingerprint density at radius 3 is 2.75 bits per heavy atom. The van der Waals surface area contributed by atoms with Crippen LogP contribution in [0.15, 0.2) is 42.7 Å². The predicted molar refractivity (Wildman–Crippen MR) is 72.3 cm³/mol. The van der Waals surface area contributed by atoms with Gasteiger partial charge in [-0.1, -0.05) is 12.1 Å². The lowest BCUT2D eigenvalue weighted by atomic mass is 10.1. The second-order valence-corrected chi connectivity index (χ2v) is 4.58. The number of carboxylic acid groups (broad SMARTS) is 1. The highest BCUT2D eigenvalue weighted by atomic mass is 19.1. The summed E-state index contributed by atoms with van der Waals surface area (Å²) in [5, 5.41) is 8.95. The number of imidazole rings is 1. The second kappa shape index (κ2) is 4.45. The van der Waals surface area contributed by atoms with Crippen molar-refractivity contribution in [1.82, 2.24) is 9.38 Å². The van der Waals surface area contributed by atoms with Crippen LogP contribution in [0, 0.1) is 12.7 Å². The number of fused-ring (bicyclic) bond motifs is 1. The fourth-order valence-electron chi connectivity index (χ4n) is 2.01. The normalized spacial score (nSPS) is 10.9. The summed E-state index contributed by atoms with van der Waals surface area (Å²) in [7, 11) is 0. The van der Waals surface area contributed by atoms with Gasteiger partial charge in [-0.05, 0) is 30.7 Å². The van der Waals surface area contributed by atoms with Gasteiger partial charge in [-0.2, -0.15) is 0 Å². The summed E-state index contributed by atoms with van der Waals surface area (Å²) >= 11 is 0. The molecule has 0 amide bonds. The van der Waals surface area contributed by atoms with Crippen molar-refractivity contribution in [2.24, 2.45) is 0 Å². The number of carboxylic acids is 1. The van der Waals surface area contributed by atoms with Crippen LogP contribution < -0.4 is 0 Å². The van der Waals surface area contributed by atoms with Crippen LogP contribution in [0.5, 0.6) is 0 Å². The SMILES string of the molecule is Cc1ccc(-c2cn3cc(C(=O)O)ccc3n2)cc1F. The Labute approximate surface area is 114 Å². The first kappa shape index (κ1) is 12.3. The van der Waals surface area contributed by atoms with E-state index < -0.39 is 5.97 Å². The van der Waals surface area contributed by atoms with Crippen LogP contribution in [0.1, 0.15) is 15.9 Å². The minimum Gasteiger partial charge on any atom is -0.478 e. The van der Waals surface area contributed by atoms with Crippen LogP contribution in [-0.4, -0.2) is 20.5 Å². The number of pyridine rings is 1. The minimum absolute atomic E-state index is 0.177. The number of halogens is 1. The average Bonchev–Trinajstić information content (AvgIpc) is 2.84. The van der Waals surface area contributed by atoms with Gasteiger partial charge in [0.1, 0.15) is 11.5 Å². The third kappa shape index (κ3) is 2.03. The number of aryl methyl sites for hydroxylation is 1. The van der Waals surface area contributed by atoms with E-state index in [-0.39, 0.29) is 11.4 Å². The molecule has 0 aliphatic carbocycles. The highest BCUT2D eigenvalue weighted by molar-refractivity contribution is 5.87. The quantitative estimate of drug-likeness (QED) is 0.778. The van der Waals surface area contributed by atoms with Crippen molar-refractivity contribution in [2.45, 2.75) is 6.92 Å². The molecular formula is C15H11FN2O2. The van der Waals surface area contributed by atoms with E-state index in [1.807, 2.05) is 0 Å². The maximum Gasteiger partial charge on any atom is 0.337 e. The van der Waals surface area contributed by atoms with Gasteiger partial charge in [-0.15, -0.1) is 0 Å².